The van der Waals surface area contributed by atoms with Crippen LogP contribution in [0.5, 0.6) is 5.75 Å². The van der Waals surface area contributed by atoms with E-state index in [1.165, 1.54) is 0 Å². The van der Waals surface area contributed by atoms with Crippen LogP contribution in [0.3, 0.4) is 0 Å². The highest BCUT2D eigenvalue weighted by molar-refractivity contribution is 6.30. The van der Waals surface area contributed by atoms with Crippen molar-refractivity contribution in [2.45, 2.75) is 6.61 Å². The standard InChI is InChI=1S/C17H12Cl2N2O4/c18-12-6-4-11(5-7-12)17-20-15(25-21-17)9-24-16(22)10-23-14-3-1-2-13(19)8-14/h1-8H,9-10H2. The van der Waals surface area contributed by atoms with Crippen molar-refractivity contribution in [1.82, 2.24) is 10.1 Å². The molecule has 6 nitrogen and oxygen atoms in total. The van der Waals surface area contributed by atoms with E-state index in [4.69, 9.17) is 37.2 Å². The maximum atomic E-state index is 11.7. The van der Waals surface area contributed by atoms with Gasteiger partial charge in [-0.1, -0.05) is 34.4 Å². The van der Waals surface area contributed by atoms with Crippen LogP contribution in [0.25, 0.3) is 11.4 Å². The van der Waals surface area contributed by atoms with E-state index in [1.54, 1.807) is 48.5 Å². The largest absolute Gasteiger partial charge is 0.482 e. The summed E-state index contributed by atoms with van der Waals surface area (Å²) in [4.78, 5) is 15.9. The molecule has 0 atom stereocenters. The van der Waals surface area contributed by atoms with Gasteiger partial charge in [-0.15, -0.1) is 0 Å². The molecule has 128 valence electrons. The number of halogens is 2. The summed E-state index contributed by atoms with van der Waals surface area (Å²) in [6.45, 7) is -0.392. The first kappa shape index (κ1) is 17.3. The average Bonchev–Trinajstić information content (AvgIpc) is 3.08. The molecule has 0 radical (unpaired) electrons. The van der Waals surface area contributed by atoms with Crippen molar-refractivity contribution in [2.24, 2.45) is 0 Å². The first-order chi connectivity index (χ1) is 12.1. The van der Waals surface area contributed by atoms with Crippen molar-refractivity contribution < 1.29 is 18.8 Å². The fourth-order valence-electron chi connectivity index (χ4n) is 1.91. The molecule has 0 aliphatic carbocycles. The summed E-state index contributed by atoms with van der Waals surface area (Å²) in [6.07, 6.45) is 0. The summed E-state index contributed by atoms with van der Waals surface area (Å²) in [6, 6.07) is 13.7. The summed E-state index contributed by atoms with van der Waals surface area (Å²) < 4.78 is 15.4. The quantitative estimate of drug-likeness (QED) is 0.599. The van der Waals surface area contributed by atoms with Gasteiger partial charge >= 0.3 is 5.97 Å². The number of carbonyl (C=O) groups is 1. The second kappa shape index (κ2) is 8.00. The Labute approximate surface area is 153 Å². The summed E-state index contributed by atoms with van der Waals surface area (Å²) in [5.41, 5.74) is 0.745. The third-order valence-electron chi connectivity index (χ3n) is 3.08. The molecule has 1 aromatic heterocycles. The first-order valence-corrected chi connectivity index (χ1v) is 7.98. The lowest BCUT2D eigenvalue weighted by Gasteiger charge is -2.05. The third-order valence-corrected chi connectivity index (χ3v) is 3.57. The molecular weight excluding hydrogens is 367 g/mol. The first-order valence-electron chi connectivity index (χ1n) is 7.23. The molecule has 0 unspecified atom stereocenters. The normalized spacial score (nSPS) is 10.5. The van der Waals surface area contributed by atoms with E-state index in [9.17, 15) is 4.79 Å². The molecule has 1 heterocycles. The van der Waals surface area contributed by atoms with Crippen LogP contribution < -0.4 is 4.74 Å². The molecule has 8 heteroatoms. The highest BCUT2D eigenvalue weighted by atomic mass is 35.5. The van der Waals surface area contributed by atoms with E-state index in [-0.39, 0.29) is 19.1 Å². The van der Waals surface area contributed by atoms with Gasteiger partial charge < -0.3 is 14.0 Å². The molecule has 0 saturated heterocycles. The molecule has 0 bridgehead atoms. The lowest BCUT2D eigenvalue weighted by molar-refractivity contribution is -0.148. The number of hydrogen-bond acceptors (Lipinski definition) is 6. The van der Waals surface area contributed by atoms with Gasteiger partial charge in [0.25, 0.3) is 5.89 Å². The van der Waals surface area contributed by atoms with Gasteiger partial charge in [0, 0.05) is 15.6 Å². The number of nitrogens with zero attached hydrogens (tertiary/aromatic N) is 2. The molecule has 3 aromatic rings. The van der Waals surface area contributed by atoms with E-state index >= 15 is 0 Å². The molecule has 0 aliphatic heterocycles. The Morgan fingerprint density at radius 3 is 2.64 bits per heavy atom. The van der Waals surface area contributed by atoms with Gasteiger partial charge in [-0.2, -0.15) is 4.98 Å². The Morgan fingerprint density at radius 2 is 1.88 bits per heavy atom. The molecule has 2 aromatic carbocycles. The molecule has 0 saturated carbocycles. The number of carbonyl (C=O) groups excluding carboxylic acids is 1. The number of ether oxygens (including phenoxy) is 2. The van der Waals surface area contributed by atoms with Crippen LogP contribution >= 0.6 is 23.2 Å². The zero-order chi connectivity index (χ0) is 17.6. The van der Waals surface area contributed by atoms with Crippen LogP contribution in [0.1, 0.15) is 5.89 Å². The van der Waals surface area contributed by atoms with Gasteiger partial charge in [0.1, 0.15) is 5.75 Å². The zero-order valence-electron chi connectivity index (χ0n) is 12.8. The highest BCUT2D eigenvalue weighted by Gasteiger charge is 2.11. The Bertz CT molecular complexity index is 865. The topological polar surface area (TPSA) is 74.5 Å². The maximum Gasteiger partial charge on any atom is 0.344 e. The van der Waals surface area contributed by atoms with Gasteiger partial charge in [0.2, 0.25) is 5.82 Å². The smallest absolute Gasteiger partial charge is 0.344 e. The predicted molar refractivity (Wildman–Crippen MR) is 91.5 cm³/mol. The van der Waals surface area contributed by atoms with Crippen molar-refractivity contribution >= 4 is 29.2 Å². The maximum absolute atomic E-state index is 11.7. The van der Waals surface area contributed by atoms with Crippen molar-refractivity contribution in [3.05, 3.63) is 64.5 Å². The lowest BCUT2D eigenvalue weighted by Crippen LogP contribution is -2.14. The Morgan fingerprint density at radius 1 is 1.08 bits per heavy atom. The number of hydrogen-bond donors (Lipinski definition) is 0. The lowest BCUT2D eigenvalue weighted by atomic mass is 10.2. The van der Waals surface area contributed by atoms with E-state index < -0.39 is 5.97 Å². The van der Waals surface area contributed by atoms with Gasteiger partial charge in [-0.05, 0) is 42.5 Å². The average molecular weight is 379 g/mol. The molecule has 0 amide bonds. The van der Waals surface area contributed by atoms with Crippen LogP contribution in [0, 0.1) is 0 Å². The third kappa shape index (κ3) is 4.95. The fraction of sp³-hybridized carbons (Fsp3) is 0.118. The summed E-state index contributed by atoms with van der Waals surface area (Å²) in [5.74, 6) is 0.484. The van der Waals surface area contributed by atoms with Crippen LogP contribution in [0.4, 0.5) is 0 Å². The molecular formula is C17H12Cl2N2O4. The molecule has 3 rings (SSSR count). The Hall–Kier alpha value is -2.57. The minimum atomic E-state index is -0.564. The second-order valence-electron chi connectivity index (χ2n) is 4.93. The Kier molecular flexibility index (Phi) is 5.53. The molecule has 0 aliphatic rings. The zero-order valence-corrected chi connectivity index (χ0v) is 14.3. The predicted octanol–water partition coefficient (Wildman–Crippen LogP) is 4.17. The second-order valence-corrected chi connectivity index (χ2v) is 5.80. The minimum Gasteiger partial charge on any atom is -0.482 e. The number of aromatic nitrogens is 2. The Balaban J connectivity index is 1.50. The van der Waals surface area contributed by atoms with Crippen molar-refractivity contribution in [2.75, 3.05) is 6.61 Å². The van der Waals surface area contributed by atoms with E-state index in [0.717, 1.165) is 5.56 Å². The van der Waals surface area contributed by atoms with Gasteiger partial charge in [-0.3, -0.25) is 0 Å². The van der Waals surface area contributed by atoms with Crippen LogP contribution in [-0.4, -0.2) is 22.7 Å². The van der Waals surface area contributed by atoms with E-state index in [0.29, 0.717) is 21.6 Å². The van der Waals surface area contributed by atoms with Crippen molar-refractivity contribution in [1.29, 1.82) is 0 Å². The highest BCUT2D eigenvalue weighted by Crippen LogP contribution is 2.19. The number of rotatable bonds is 6. The van der Waals surface area contributed by atoms with Crippen LogP contribution in [-0.2, 0) is 16.1 Å². The SMILES string of the molecule is O=C(COc1cccc(Cl)c1)OCc1nc(-c2ccc(Cl)cc2)no1. The fourth-order valence-corrected chi connectivity index (χ4v) is 2.22. The minimum absolute atomic E-state index is 0.141. The van der Waals surface area contributed by atoms with Crippen molar-refractivity contribution in [3.63, 3.8) is 0 Å². The molecule has 0 spiro atoms. The number of benzene rings is 2. The summed E-state index contributed by atoms with van der Waals surface area (Å²) in [5, 5.41) is 4.96. The van der Waals surface area contributed by atoms with Crippen molar-refractivity contribution in [3.8, 4) is 17.1 Å². The molecule has 0 fully saturated rings. The van der Waals surface area contributed by atoms with E-state index in [2.05, 4.69) is 10.1 Å². The van der Waals surface area contributed by atoms with Crippen LogP contribution in [0.15, 0.2) is 53.1 Å². The summed E-state index contributed by atoms with van der Waals surface area (Å²) in [7, 11) is 0. The van der Waals surface area contributed by atoms with Crippen LogP contribution in [0.2, 0.25) is 10.0 Å². The summed E-state index contributed by atoms with van der Waals surface area (Å²) >= 11 is 11.7. The molecule has 25 heavy (non-hydrogen) atoms. The van der Waals surface area contributed by atoms with Gasteiger partial charge in [0.05, 0.1) is 0 Å². The molecule has 0 N–H and O–H groups in total. The van der Waals surface area contributed by atoms with E-state index in [1.807, 2.05) is 0 Å². The number of esters is 1. The van der Waals surface area contributed by atoms with Gasteiger partial charge in [-0.25, -0.2) is 4.79 Å². The van der Waals surface area contributed by atoms with Gasteiger partial charge in [0.15, 0.2) is 13.2 Å². The monoisotopic (exact) mass is 378 g/mol.